The lowest BCUT2D eigenvalue weighted by atomic mass is 10.1. The molecule has 0 radical (unpaired) electrons. The fraction of sp³-hybridized carbons (Fsp3) is 0.259. The van der Waals surface area contributed by atoms with Crippen LogP contribution in [0.5, 0.6) is 5.75 Å². The first-order chi connectivity index (χ1) is 16.2. The molecule has 6 nitrogen and oxygen atoms in total. The zero-order valence-corrected chi connectivity index (χ0v) is 18.5. The first-order valence-electron chi connectivity index (χ1n) is 11.3. The van der Waals surface area contributed by atoms with Gasteiger partial charge >= 0.3 is 0 Å². The van der Waals surface area contributed by atoms with Crippen LogP contribution < -0.4 is 15.4 Å². The number of carbonyl (C=O) groups is 2. The molecule has 1 aliphatic heterocycles. The lowest BCUT2D eigenvalue weighted by molar-refractivity contribution is 0.0858. The largest absolute Gasteiger partial charge is 0.493 e. The van der Waals surface area contributed by atoms with Crippen molar-refractivity contribution in [2.45, 2.75) is 25.4 Å². The molecule has 0 bridgehead atoms. The van der Waals surface area contributed by atoms with Crippen molar-refractivity contribution in [2.75, 3.05) is 25.1 Å². The van der Waals surface area contributed by atoms with E-state index in [2.05, 4.69) is 22.8 Å². The number of nitrogens with one attached hydrogen (secondary N) is 2. The standard InChI is InChI=1S/C27H28N2O4/c30-26(21-12-14-22(15-13-21)33-18-16-20-7-2-1-3-8-20)29-25-11-5-4-10-24(25)27(31)28-19-23-9-6-17-32-23/h1-5,7-8,10-15,23H,6,9,16-19H2,(H,28,31)(H,29,30)/t23-/m0/s1. The lowest BCUT2D eigenvalue weighted by Crippen LogP contribution is -2.32. The van der Waals surface area contributed by atoms with Crippen LogP contribution in [0.4, 0.5) is 5.69 Å². The highest BCUT2D eigenvalue weighted by molar-refractivity contribution is 6.09. The van der Waals surface area contributed by atoms with Gasteiger partial charge in [-0.1, -0.05) is 42.5 Å². The van der Waals surface area contributed by atoms with Crippen molar-refractivity contribution in [1.29, 1.82) is 0 Å². The van der Waals surface area contributed by atoms with Gasteiger partial charge in [0.2, 0.25) is 0 Å². The van der Waals surface area contributed by atoms with E-state index in [1.807, 2.05) is 18.2 Å². The Morgan fingerprint density at radius 3 is 2.42 bits per heavy atom. The van der Waals surface area contributed by atoms with Gasteiger partial charge in [0.25, 0.3) is 11.8 Å². The van der Waals surface area contributed by atoms with Crippen molar-refractivity contribution >= 4 is 17.5 Å². The van der Waals surface area contributed by atoms with Gasteiger partial charge in [-0.15, -0.1) is 0 Å². The molecular formula is C27H28N2O4. The van der Waals surface area contributed by atoms with Gasteiger partial charge in [0.05, 0.1) is 24.0 Å². The second kappa shape index (κ2) is 11.3. The molecule has 0 spiro atoms. The molecule has 1 heterocycles. The third-order valence-corrected chi connectivity index (χ3v) is 5.55. The molecule has 3 aromatic rings. The van der Waals surface area contributed by atoms with E-state index >= 15 is 0 Å². The quantitative estimate of drug-likeness (QED) is 0.511. The molecule has 1 aliphatic rings. The maximum atomic E-state index is 12.8. The number of ether oxygens (including phenoxy) is 2. The Hall–Kier alpha value is -3.64. The molecule has 2 N–H and O–H groups in total. The molecule has 1 atom stereocenters. The SMILES string of the molecule is O=C(Nc1ccccc1C(=O)NC[C@@H]1CCCO1)c1ccc(OCCc2ccccc2)cc1. The molecule has 0 aromatic heterocycles. The van der Waals surface area contributed by atoms with Gasteiger partial charge < -0.3 is 20.1 Å². The Bertz CT molecular complexity index is 1060. The van der Waals surface area contributed by atoms with Gasteiger partial charge in [-0.05, 0) is 54.8 Å². The second-order valence-corrected chi connectivity index (χ2v) is 7.95. The Morgan fingerprint density at radius 2 is 1.67 bits per heavy atom. The molecule has 1 saturated heterocycles. The van der Waals surface area contributed by atoms with Crippen molar-refractivity contribution in [1.82, 2.24) is 5.32 Å². The van der Waals surface area contributed by atoms with Gasteiger partial charge in [-0.3, -0.25) is 9.59 Å². The minimum Gasteiger partial charge on any atom is -0.493 e. The van der Waals surface area contributed by atoms with Crippen LogP contribution in [0.15, 0.2) is 78.9 Å². The summed E-state index contributed by atoms with van der Waals surface area (Å²) in [5, 5.41) is 5.75. The van der Waals surface area contributed by atoms with Crippen molar-refractivity contribution in [3.63, 3.8) is 0 Å². The molecule has 0 unspecified atom stereocenters. The Balaban J connectivity index is 1.31. The van der Waals surface area contributed by atoms with Crippen LogP contribution in [0.1, 0.15) is 39.1 Å². The smallest absolute Gasteiger partial charge is 0.255 e. The Kier molecular flexibility index (Phi) is 7.72. The monoisotopic (exact) mass is 444 g/mol. The first-order valence-corrected chi connectivity index (χ1v) is 11.3. The molecule has 4 rings (SSSR count). The van der Waals surface area contributed by atoms with E-state index < -0.39 is 0 Å². The average molecular weight is 445 g/mol. The zero-order chi connectivity index (χ0) is 22.9. The van der Waals surface area contributed by atoms with Crippen molar-refractivity contribution in [2.24, 2.45) is 0 Å². The molecule has 0 aliphatic carbocycles. The molecule has 0 saturated carbocycles. The number of rotatable bonds is 9. The molecule has 3 aromatic carbocycles. The predicted molar refractivity (Wildman–Crippen MR) is 128 cm³/mol. The van der Waals surface area contributed by atoms with Crippen molar-refractivity contribution < 1.29 is 19.1 Å². The van der Waals surface area contributed by atoms with E-state index in [0.29, 0.717) is 35.7 Å². The maximum absolute atomic E-state index is 12.8. The first kappa shape index (κ1) is 22.6. The van der Waals surface area contributed by atoms with E-state index in [4.69, 9.17) is 9.47 Å². The normalized spacial score (nSPS) is 15.1. The highest BCUT2D eigenvalue weighted by Crippen LogP contribution is 2.19. The van der Waals surface area contributed by atoms with Crippen LogP contribution >= 0.6 is 0 Å². The minimum absolute atomic E-state index is 0.0594. The van der Waals surface area contributed by atoms with Crippen molar-refractivity contribution in [3.05, 3.63) is 95.6 Å². The van der Waals surface area contributed by atoms with Gasteiger partial charge in [-0.2, -0.15) is 0 Å². The number of benzene rings is 3. The summed E-state index contributed by atoms with van der Waals surface area (Å²) < 4.78 is 11.3. The fourth-order valence-electron chi connectivity index (χ4n) is 3.73. The van der Waals surface area contributed by atoms with Crippen molar-refractivity contribution in [3.8, 4) is 5.75 Å². The van der Waals surface area contributed by atoms with Crippen LogP contribution in [0, 0.1) is 0 Å². The topological polar surface area (TPSA) is 76.7 Å². The summed E-state index contributed by atoms with van der Waals surface area (Å²) in [6, 6.07) is 24.1. The number of hydrogen-bond donors (Lipinski definition) is 2. The molecule has 170 valence electrons. The summed E-state index contributed by atoms with van der Waals surface area (Å²) >= 11 is 0. The molecule has 6 heteroatoms. The second-order valence-electron chi connectivity index (χ2n) is 7.95. The molecule has 33 heavy (non-hydrogen) atoms. The highest BCUT2D eigenvalue weighted by atomic mass is 16.5. The van der Waals surface area contributed by atoms with Gasteiger partial charge in [-0.25, -0.2) is 0 Å². The number of hydrogen-bond acceptors (Lipinski definition) is 4. The van der Waals surface area contributed by atoms with Gasteiger partial charge in [0.1, 0.15) is 5.75 Å². The maximum Gasteiger partial charge on any atom is 0.255 e. The van der Waals surface area contributed by atoms with Crippen LogP contribution in [0.25, 0.3) is 0 Å². The summed E-state index contributed by atoms with van der Waals surface area (Å²) in [5.41, 5.74) is 2.59. The fourth-order valence-corrected chi connectivity index (χ4v) is 3.73. The summed E-state index contributed by atoms with van der Waals surface area (Å²) in [6.45, 7) is 1.76. The number of carbonyl (C=O) groups excluding carboxylic acids is 2. The van der Waals surface area contributed by atoms with Gasteiger partial charge in [0, 0.05) is 25.1 Å². The third kappa shape index (κ3) is 6.43. The summed E-state index contributed by atoms with van der Waals surface area (Å²) in [6.07, 6.45) is 2.84. The van der Waals surface area contributed by atoms with E-state index in [9.17, 15) is 9.59 Å². The molecule has 2 amide bonds. The van der Waals surface area contributed by atoms with E-state index in [-0.39, 0.29) is 17.9 Å². The Labute approximate surface area is 193 Å². The molecular weight excluding hydrogens is 416 g/mol. The van der Waals surface area contributed by atoms with Crippen LogP contribution in [0.2, 0.25) is 0 Å². The summed E-state index contributed by atoms with van der Waals surface area (Å²) in [5.74, 6) is 0.185. The third-order valence-electron chi connectivity index (χ3n) is 5.55. The number of para-hydroxylation sites is 1. The molecule has 1 fully saturated rings. The van der Waals surface area contributed by atoms with Crippen LogP contribution in [0.3, 0.4) is 0 Å². The van der Waals surface area contributed by atoms with E-state index in [1.165, 1.54) is 5.56 Å². The average Bonchev–Trinajstić information content (AvgIpc) is 3.38. The van der Waals surface area contributed by atoms with E-state index in [0.717, 1.165) is 25.9 Å². The number of anilines is 1. The number of amides is 2. The summed E-state index contributed by atoms with van der Waals surface area (Å²) in [7, 11) is 0. The minimum atomic E-state index is -0.287. The van der Waals surface area contributed by atoms with Gasteiger partial charge in [0.15, 0.2) is 0 Å². The zero-order valence-electron chi connectivity index (χ0n) is 18.5. The highest BCUT2D eigenvalue weighted by Gasteiger charge is 2.18. The lowest BCUT2D eigenvalue weighted by Gasteiger charge is -2.14. The van der Waals surface area contributed by atoms with Crippen LogP contribution in [-0.4, -0.2) is 37.7 Å². The summed E-state index contributed by atoms with van der Waals surface area (Å²) in [4.78, 5) is 25.4. The predicted octanol–water partition coefficient (Wildman–Crippen LogP) is 4.47. The van der Waals surface area contributed by atoms with E-state index in [1.54, 1.807) is 48.5 Å². The van der Waals surface area contributed by atoms with Crippen LogP contribution in [-0.2, 0) is 11.2 Å². The Morgan fingerprint density at radius 1 is 0.909 bits per heavy atom.